The van der Waals surface area contributed by atoms with Crippen LogP contribution in [0.5, 0.6) is 0 Å². The van der Waals surface area contributed by atoms with Crippen LogP contribution in [-0.2, 0) is 0 Å². The molecule has 3 N–H and O–H groups in total. The minimum Gasteiger partial charge on any atom is -0.368 e. The Morgan fingerprint density at radius 1 is 1.20 bits per heavy atom. The molecular weight excluding hydrogens is 350 g/mol. The molecule has 20 heavy (non-hydrogen) atoms. The molecule has 4 nitrogen and oxygen atoms in total. The van der Waals surface area contributed by atoms with E-state index in [9.17, 15) is 8.78 Å². The lowest BCUT2D eigenvalue weighted by molar-refractivity contribution is 0.581. The molecule has 0 unspecified atom stereocenters. The summed E-state index contributed by atoms with van der Waals surface area (Å²) in [4.78, 5) is 8.82. The number of nitrogen functional groups attached to an aromatic ring is 1. The van der Waals surface area contributed by atoms with Crippen molar-refractivity contribution in [1.29, 1.82) is 0 Å². The van der Waals surface area contributed by atoms with E-state index < -0.39 is 11.6 Å². The number of benzene rings is 1. The van der Waals surface area contributed by atoms with E-state index in [1.807, 2.05) is 5.38 Å². The number of nitrogens with two attached hydrogens (primary N) is 1. The van der Waals surface area contributed by atoms with Gasteiger partial charge < -0.3 is 11.1 Å². The van der Waals surface area contributed by atoms with Crippen molar-refractivity contribution < 1.29 is 8.78 Å². The first-order chi connectivity index (χ1) is 9.54. The molecule has 3 aromatic rings. The van der Waals surface area contributed by atoms with Gasteiger partial charge in [-0.25, -0.2) is 13.8 Å². The lowest BCUT2D eigenvalue weighted by Crippen LogP contribution is -2.02. The third kappa shape index (κ3) is 2.32. The highest BCUT2D eigenvalue weighted by Gasteiger charge is 2.12. The van der Waals surface area contributed by atoms with Gasteiger partial charge in [0, 0.05) is 6.07 Å². The SMILES string of the molecule is Nc1nc(Nc2cc(Br)c(F)cc2F)c2ccsc2n1. The van der Waals surface area contributed by atoms with Crippen molar-refractivity contribution in [3.8, 4) is 0 Å². The van der Waals surface area contributed by atoms with E-state index >= 15 is 0 Å². The lowest BCUT2D eigenvalue weighted by Gasteiger charge is -2.09. The smallest absolute Gasteiger partial charge is 0.223 e. The van der Waals surface area contributed by atoms with Crippen LogP contribution in [0.4, 0.5) is 26.2 Å². The number of hydrogen-bond donors (Lipinski definition) is 2. The fraction of sp³-hybridized carbons (Fsp3) is 0. The normalized spacial score (nSPS) is 10.9. The quantitative estimate of drug-likeness (QED) is 0.679. The highest BCUT2D eigenvalue weighted by atomic mass is 79.9. The molecule has 1 aromatic carbocycles. The van der Waals surface area contributed by atoms with Crippen LogP contribution in [0.15, 0.2) is 28.1 Å². The van der Waals surface area contributed by atoms with Gasteiger partial charge in [-0.05, 0) is 33.4 Å². The molecule has 0 aliphatic rings. The maximum absolute atomic E-state index is 13.7. The summed E-state index contributed by atoms with van der Waals surface area (Å²) in [5, 5.41) is 5.37. The number of hydrogen-bond acceptors (Lipinski definition) is 5. The fourth-order valence-corrected chi connectivity index (χ4v) is 2.83. The van der Waals surface area contributed by atoms with E-state index in [4.69, 9.17) is 5.73 Å². The monoisotopic (exact) mass is 356 g/mol. The van der Waals surface area contributed by atoms with Crippen LogP contribution >= 0.6 is 27.3 Å². The largest absolute Gasteiger partial charge is 0.368 e. The Morgan fingerprint density at radius 3 is 2.80 bits per heavy atom. The molecule has 0 fully saturated rings. The molecule has 2 heterocycles. The Hall–Kier alpha value is -1.80. The molecule has 0 radical (unpaired) electrons. The summed E-state index contributed by atoms with van der Waals surface area (Å²) in [6.07, 6.45) is 0. The first-order valence-corrected chi connectivity index (χ1v) is 7.14. The Kier molecular flexibility index (Phi) is 3.27. The zero-order valence-corrected chi connectivity index (χ0v) is 12.2. The second kappa shape index (κ2) is 4.95. The summed E-state index contributed by atoms with van der Waals surface area (Å²) in [5.41, 5.74) is 5.71. The predicted octanol–water partition coefficient (Wildman–Crippen LogP) is 4.06. The summed E-state index contributed by atoms with van der Waals surface area (Å²) in [7, 11) is 0. The molecule has 8 heteroatoms. The summed E-state index contributed by atoms with van der Waals surface area (Å²) in [5.74, 6) is -0.919. The molecular formula is C12H7BrF2N4S. The van der Waals surface area contributed by atoms with Crippen LogP contribution in [0.2, 0.25) is 0 Å². The standard InChI is InChI=1S/C12H7BrF2N4S/c13-6-3-9(8(15)4-7(6)14)17-10-5-1-2-20-11(5)19-12(16)18-10/h1-4H,(H3,16,17,18,19). The van der Waals surface area contributed by atoms with E-state index in [1.165, 1.54) is 17.4 Å². The average molecular weight is 357 g/mol. The number of fused-ring (bicyclic) bond motifs is 1. The molecule has 3 rings (SSSR count). The first-order valence-electron chi connectivity index (χ1n) is 5.47. The van der Waals surface area contributed by atoms with Gasteiger partial charge in [-0.1, -0.05) is 0 Å². The van der Waals surface area contributed by atoms with Crippen LogP contribution in [0.25, 0.3) is 10.2 Å². The fourth-order valence-electron chi connectivity index (χ4n) is 1.71. The molecule has 0 aliphatic carbocycles. The number of halogens is 3. The molecule has 0 atom stereocenters. The predicted molar refractivity (Wildman–Crippen MR) is 79.2 cm³/mol. The van der Waals surface area contributed by atoms with E-state index in [2.05, 4.69) is 31.2 Å². The minimum absolute atomic E-state index is 0.0871. The number of nitrogens with zero attached hydrogens (tertiary/aromatic N) is 2. The molecule has 0 spiro atoms. The highest BCUT2D eigenvalue weighted by molar-refractivity contribution is 9.10. The van der Waals surface area contributed by atoms with Gasteiger partial charge in [0.2, 0.25) is 5.95 Å². The molecule has 0 saturated carbocycles. The average Bonchev–Trinajstić information content (AvgIpc) is 2.84. The van der Waals surface area contributed by atoms with Gasteiger partial charge in [0.1, 0.15) is 22.3 Å². The van der Waals surface area contributed by atoms with Crippen LogP contribution in [0.3, 0.4) is 0 Å². The summed E-state index contributed by atoms with van der Waals surface area (Å²) < 4.78 is 27.1. The van der Waals surface area contributed by atoms with Gasteiger partial charge in [0.15, 0.2) is 0 Å². The molecule has 0 amide bonds. The van der Waals surface area contributed by atoms with Crippen LogP contribution in [0.1, 0.15) is 0 Å². The summed E-state index contributed by atoms with van der Waals surface area (Å²) in [6.45, 7) is 0. The van der Waals surface area contributed by atoms with E-state index in [0.29, 0.717) is 10.6 Å². The third-order valence-electron chi connectivity index (χ3n) is 2.61. The van der Waals surface area contributed by atoms with Crippen molar-refractivity contribution in [3.63, 3.8) is 0 Å². The van der Waals surface area contributed by atoms with E-state index in [-0.39, 0.29) is 16.1 Å². The number of aromatic nitrogens is 2. The maximum Gasteiger partial charge on any atom is 0.223 e. The summed E-state index contributed by atoms with van der Waals surface area (Å²) >= 11 is 4.42. The zero-order chi connectivity index (χ0) is 14.3. The molecule has 0 saturated heterocycles. The van der Waals surface area contributed by atoms with Gasteiger partial charge >= 0.3 is 0 Å². The Labute approximate surface area is 124 Å². The van der Waals surface area contributed by atoms with Gasteiger partial charge in [0.05, 0.1) is 15.5 Å². The van der Waals surface area contributed by atoms with Crippen LogP contribution in [0, 0.1) is 11.6 Å². The van der Waals surface area contributed by atoms with E-state index in [0.717, 1.165) is 11.5 Å². The minimum atomic E-state index is -0.716. The molecule has 0 bridgehead atoms. The first kappa shape index (κ1) is 13.2. The van der Waals surface area contributed by atoms with Crippen LogP contribution < -0.4 is 11.1 Å². The van der Waals surface area contributed by atoms with Crippen molar-refractivity contribution >= 4 is 54.9 Å². The number of anilines is 3. The molecule has 0 aliphatic heterocycles. The van der Waals surface area contributed by atoms with Crippen molar-refractivity contribution in [1.82, 2.24) is 9.97 Å². The Balaban J connectivity index is 2.09. The number of thiophene rings is 1. The number of nitrogens with one attached hydrogen (secondary N) is 1. The van der Waals surface area contributed by atoms with Gasteiger partial charge in [-0.15, -0.1) is 11.3 Å². The van der Waals surface area contributed by atoms with Crippen LogP contribution in [-0.4, -0.2) is 9.97 Å². The molecule has 2 aromatic heterocycles. The lowest BCUT2D eigenvalue weighted by atomic mass is 10.3. The number of rotatable bonds is 2. The Morgan fingerprint density at radius 2 is 2.00 bits per heavy atom. The van der Waals surface area contributed by atoms with Gasteiger partial charge in [-0.3, -0.25) is 0 Å². The zero-order valence-electron chi connectivity index (χ0n) is 9.82. The van der Waals surface area contributed by atoms with Gasteiger partial charge in [-0.2, -0.15) is 4.98 Å². The molecule has 102 valence electrons. The van der Waals surface area contributed by atoms with Crippen molar-refractivity contribution in [2.45, 2.75) is 0 Å². The second-order valence-corrected chi connectivity index (χ2v) is 5.69. The third-order valence-corrected chi connectivity index (χ3v) is 4.02. The topological polar surface area (TPSA) is 63.8 Å². The van der Waals surface area contributed by atoms with E-state index in [1.54, 1.807) is 6.07 Å². The Bertz CT molecular complexity index is 805. The van der Waals surface area contributed by atoms with Crippen molar-refractivity contribution in [2.75, 3.05) is 11.1 Å². The summed E-state index contributed by atoms with van der Waals surface area (Å²) in [6, 6.07) is 3.90. The van der Waals surface area contributed by atoms with Gasteiger partial charge in [0.25, 0.3) is 0 Å². The van der Waals surface area contributed by atoms with Crippen molar-refractivity contribution in [3.05, 3.63) is 39.7 Å². The maximum atomic E-state index is 13.7. The second-order valence-electron chi connectivity index (χ2n) is 3.94. The highest BCUT2D eigenvalue weighted by Crippen LogP contribution is 2.30. The van der Waals surface area contributed by atoms with Crippen molar-refractivity contribution in [2.24, 2.45) is 0 Å².